The van der Waals surface area contributed by atoms with Crippen molar-refractivity contribution in [2.45, 2.75) is 89.8 Å². The average Bonchev–Trinajstić information content (AvgIpc) is 2.51. The lowest BCUT2D eigenvalue weighted by atomic mass is 9.89. The zero-order valence-corrected chi connectivity index (χ0v) is 19.4. The summed E-state index contributed by atoms with van der Waals surface area (Å²) in [4.78, 5) is 11.8. The van der Waals surface area contributed by atoms with E-state index in [-0.39, 0.29) is 23.5 Å². The molecule has 2 N–H and O–H groups in total. The van der Waals surface area contributed by atoms with E-state index in [0.29, 0.717) is 12.8 Å². The van der Waals surface area contributed by atoms with Crippen LogP contribution >= 0.6 is 0 Å². The van der Waals surface area contributed by atoms with E-state index in [1.54, 1.807) is 48.5 Å². The van der Waals surface area contributed by atoms with E-state index in [1.807, 2.05) is 0 Å². The highest BCUT2D eigenvalue weighted by molar-refractivity contribution is 7.90. The topological polar surface area (TPSA) is 82.6 Å². The number of benzene rings is 1. The van der Waals surface area contributed by atoms with Crippen molar-refractivity contribution in [2.24, 2.45) is 0 Å². The Morgan fingerprint density at radius 2 is 1.80 bits per heavy atom. The maximum absolute atomic E-state index is 14.5. The Morgan fingerprint density at radius 1 is 1.20 bits per heavy atom. The predicted octanol–water partition coefficient (Wildman–Crippen LogP) is 4.51. The molecular formula is C21H32F2N2O4S. The second kappa shape index (κ2) is 9.28. The molecule has 0 aromatic heterocycles. The quantitative estimate of drug-likeness (QED) is 0.628. The van der Waals surface area contributed by atoms with E-state index in [1.165, 1.54) is 6.07 Å². The van der Waals surface area contributed by atoms with Crippen LogP contribution in [0, 0.1) is 11.6 Å². The first kappa shape index (κ1) is 24.7. The largest absolute Gasteiger partial charge is 0.598 e. The molecule has 0 heterocycles. The van der Waals surface area contributed by atoms with Crippen LogP contribution in [0.3, 0.4) is 0 Å². The molecule has 0 radical (unpaired) electrons. The lowest BCUT2D eigenvalue weighted by Crippen LogP contribution is -2.50. The number of carbonyl (C=O) groups excluding carboxylic acids is 1. The molecule has 0 spiro atoms. The van der Waals surface area contributed by atoms with Crippen molar-refractivity contribution in [3.8, 4) is 5.75 Å². The van der Waals surface area contributed by atoms with Gasteiger partial charge in [-0.15, -0.1) is 4.72 Å². The Bertz CT molecular complexity index is 759. The van der Waals surface area contributed by atoms with Crippen molar-refractivity contribution in [1.82, 2.24) is 10.0 Å². The average molecular weight is 447 g/mol. The van der Waals surface area contributed by atoms with E-state index >= 15 is 0 Å². The summed E-state index contributed by atoms with van der Waals surface area (Å²) < 4.78 is 54.1. The van der Waals surface area contributed by atoms with Gasteiger partial charge >= 0.3 is 6.09 Å². The van der Waals surface area contributed by atoms with Crippen molar-refractivity contribution in [1.29, 1.82) is 0 Å². The highest BCUT2D eigenvalue weighted by Gasteiger charge is 2.35. The van der Waals surface area contributed by atoms with E-state index in [2.05, 4.69) is 10.0 Å². The molecule has 2 rings (SSSR count). The molecule has 6 nitrogen and oxygen atoms in total. The molecule has 0 bridgehead atoms. The fourth-order valence-electron chi connectivity index (χ4n) is 2.85. The molecule has 30 heavy (non-hydrogen) atoms. The lowest BCUT2D eigenvalue weighted by molar-refractivity contribution is 0.0352. The highest BCUT2D eigenvalue weighted by atomic mass is 32.2. The number of hydrogen-bond acceptors (Lipinski definition) is 5. The van der Waals surface area contributed by atoms with Gasteiger partial charge in [-0.1, -0.05) is 0 Å². The Morgan fingerprint density at radius 3 is 2.33 bits per heavy atom. The number of hydrogen-bond donors (Lipinski definition) is 2. The van der Waals surface area contributed by atoms with Gasteiger partial charge in [0.05, 0.1) is 6.04 Å². The van der Waals surface area contributed by atoms with Gasteiger partial charge in [-0.05, 0) is 54.5 Å². The first-order chi connectivity index (χ1) is 13.7. The van der Waals surface area contributed by atoms with Crippen LogP contribution in [0.4, 0.5) is 13.6 Å². The number of nitrogens with one attached hydrogen (secondary N) is 2. The number of rotatable bonds is 6. The van der Waals surface area contributed by atoms with Crippen molar-refractivity contribution in [3.63, 3.8) is 0 Å². The summed E-state index contributed by atoms with van der Waals surface area (Å²) in [5.74, 6) is -1.62. The molecule has 0 saturated heterocycles. The number of alkyl carbamates (subject to hydrolysis) is 1. The summed E-state index contributed by atoms with van der Waals surface area (Å²) in [7, 11) is 0. The molecule has 1 saturated carbocycles. The van der Waals surface area contributed by atoms with Gasteiger partial charge < -0.3 is 19.3 Å². The normalized spacial score (nSPS) is 21.4. The third-order valence-electron chi connectivity index (χ3n) is 4.44. The fraction of sp³-hybridized carbons (Fsp3) is 0.667. The van der Waals surface area contributed by atoms with Crippen LogP contribution in [0.15, 0.2) is 12.1 Å². The van der Waals surface area contributed by atoms with Gasteiger partial charge in [0.25, 0.3) is 0 Å². The predicted molar refractivity (Wildman–Crippen MR) is 113 cm³/mol. The van der Waals surface area contributed by atoms with Crippen LogP contribution < -0.4 is 14.8 Å². The first-order valence-corrected chi connectivity index (χ1v) is 11.1. The number of carbonyl (C=O) groups is 1. The van der Waals surface area contributed by atoms with E-state index in [9.17, 15) is 18.1 Å². The minimum Gasteiger partial charge on any atom is -0.598 e. The van der Waals surface area contributed by atoms with Gasteiger partial charge in [-0.3, -0.25) is 0 Å². The van der Waals surface area contributed by atoms with Gasteiger partial charge in [0.1, 0.15) is 22.3 Å². The van der Waals surface area contributed by atoms with Gasteiger partial charge in [0.2, 0.25) is 0 Å². The SMILES string of the molecule is C[C@@H](N[S@+]([O-])C(C)(C)C)c1cc(F)cc(F)c1OC1CC(NC(=O)OC(C)(C)C)C1. The third kappa shape index (κ3) is 6.99. The van der Waals surface area contributed by atoms with Crippen LogP contribution in [0.25, 0.3) is 0 Å². The fourth-order valence-corrected chi connectivity index (χ4v) is 3.65. The molecule has 0 aliphatic heterocycles. The molecule has 0 unspecified atom stereocenters. The molecule has 1 aliphatic rings. The maximum atomic E-state index is 14.5. The van der Waals surface area contributed by atoms with Crippen molar-refractivity contribution >= 4 is 17.5 Å². The van der Waals surface area contributed by atoms with Crippen molar-refractivity contribution in [3.05, 3.63) is 29.3 Å². The van der Waals surface area contributed by atoms with Gasteiger partial charge in [0, 0.05) is 41.9 Å². The van der Waals surface area contributed by atoms with Gasteiger partial charge in [-0.2, -0.15) is 0 Å². The summed E-state index contributed by atoms with van der Waals surface area (Å²) in [5.41, 5.74) is -0.333. The highest BCUT2D eigenvalue weighted by Crippen LogP contribution is 2.35. The second-order valence-electron chi connectivity index (χ2n) is 9.58. The smallest absolute Gasteiger partial charge is 0.407 e. The molecule has 2 atom stereocenters. The summed E-state index contributed by atoms with van der Waals surface area (Å²) in [6, 6.07) is 1.22. The Kier molecular flexibility index (Phi) is 7.63. The Labute approximate surface area is 180 Å². The Hall–Kier alpha value is -1.58. The van der Waals surface area contributed by atoms with E-state index in [0.717, 1.165) is 6.07 Å². The standard InChI is InChI=1S/C21H32F2N2O4S/c1-12(25-30(27)21(5,6)7)16-8-13(22)9-17(23)18(16)28-15-10-14(11-15)24-19(26)29-20(2,3)4/h8-9,12,14-15,25H,10-11H2,1-7H3,(H,24,26)/t12-,14?,15?,30-/m1/s1. The molecule has 9 heteroatoms. The van der Waals surface area contributed by atoms with Crippen LogP contribution in [-0.4, -0.2) is 33.1 Å². The molecule has 170 valence electrons. The molecule has 1 aromatic rings. The van der Waals surface area contributed by atoms with Gasteiger partial charge in [0.15, 0.2) is 11.6 Å². The minimum atomic E-state index is -1.42. The van der Waals surface area contributed by atoms with Crippen LogP contribution in [0.5, 0.6) is 5.75 Å². The van der Waals surface area contributed by atoms with Crippen LogP contribution in [0.1, 0.15) is 72.9 Å². The van der Waals surface area contributed by atoms with Crippen molar-refractivity contribution in [2.75, 3.05) is 0 Å². The number of amides is 1. The zero-order chi connectivity index (χ0) is 22.9. The molecule has 1 fully saturated rings. The maximum Gasteiger partial charge on any atom is 0.407 e. The number of halogens is 2. The summed E-state index contributed by atoms with van der Waals surface area (Å²) in [5, 5.41) is 2.75. The lowest BCUT2D eigenvalue weighted by Gasteiger charge is -2.37. The van der Waals surface area contributed by atoms with Crippen LogP contribution in [-0.2, 0) is 16.1 Å². The van der Waals surface area contributed by atoms with Crippen molar-refractivity contribution < 1.29 is 27.6 Å². The Balaban J connectivity index is 2.02. The molecule has 1 aromatic carbocycles. The summed E-state index contributed by atoms with van der Waals surface area (Å²) in [6.45, 7) is 12.4. The molecular weight excluding hydrogens is 414 g/mol. The van der Waals surface area contributed by atoms with Crippen LogP contribution in [0.2, 0.25) is 0 Å². The monoisotopic (exact) mass is 446 g/mol. The minimum absolute atomic E-state index is 0.0666. The third-order valence-corrected chi connectivity index (χ3v) is 6.12. The second-order valence-corrected chi connectivity index (χ2v) is 11.6. The zero-order valence-electron chi connectivity index (χ0n) is 18.6. The van der Waals surface area contributed by atoms with Gasteiger partial charge in [-0.25, -0.2) is 13.6 Å². The molecule has 1 amide bonds. The molecule has 1 aliphatic carbocycles. The summed E-state index contributed by atoms with van der Waals surface area (Å²) in [6.07, 6.45) is 0.113. The van der Waals surface area contributed by atoms with E-state index in [4.69, 9.17) is 9.47 Å². The number of ether oxygens (including phenoxy) is 2. The summed E-state index contributed by atoms with van der Waals surface area (Å²) >= 11 is -1.42. The first-order valence-electron chi connectivity index (χ1n) is 9.99. The van der Waals surface area contributed by atoms with E-state index < -0.39 is 45.5 Å².